The number of alkyl halides is 3. The van der Waals surface area contributed by atoms with E-state index in [1.54, 1.807) is 18.2 Å². The minimum Gasteiger partial charge on any atom is -0.314 e. The maximum atomic E-state index is 12.7. The van der Waals surface area contributed by atoms with Crippen molar-refractivity contribution < 1.29 is 22.8 Å². The molecule has 30 heavy (non-hydrogen) atoms. The summed E-state index contributed by atoms with van der Waals surface area (Å²) >= 11 is 12.0. The number of halogens is 5. The SMILES string of the molecule is CN(C(=O)CN1N=C(c2ccc(Cl)c(Cl)c2)CCC1=O)c1ccc(C(F)(F)F)cc1. The molecule has 0 fully saturated rings. The van der Waals surface area contributed by atoms with Crippen molar-refractivity contribution in [3.8, 4) is 0 Å². The Morgan fingerprint density at radius 3 is 2.37 bits per heavy atom. The molecule has 0 saturated heterocycles. The molecule has 0 bridgehead atoms. The molecule has 0 unspecified atom stereocenters. The standard InChI is InChI=1S/C20H16Cl2F3N3O2/c1-27(14-5-3-13(4-6-14)20(23,24)25)19(30)11-28-18(29)9-8-17(26-28)12-2-7-15(21)16(22)10-12/h2-7,10H,8-9,11H2,1H3. The van der Waals surface area contributed by atoms with Crippen LogP contribution in [0.5, 0.6) is 0 Å². The lowest BCUT2D eigenvalue weighted by Gasteiger charge is -2.26. The Bertz CT molecular complexity index is 1010. The zero-order valence-corrected chi connectivity index (χ0v) is 17.2. The van der Waals surface area contributed by atoms with Crippen molar-refractivity contribution in [2.45, 2.75) is 19.0 Å². The van der Waals surface area contributed by atoms with Crippen molar-refractivity contribution in [2.24, 2.45) is 5.10 Å². The van der Waals surface area contributed by atoms with Gasteiger partial charge in [-0.05, 0) is 42.0 Å². The number of nitrogens with zero attached hydrogens (tertiary/aromatic N) is 3. The third-order valence-corrected chi connectivity index (χ3v) is 5.34. The lowest BCUT2D eigenvalue weighted by Crippen LogP contribution is -2.41. The Balaban J connectivity index is 1.75. The lowest BCUT2D eigenvalue weighted by molar-refractivity contribution is -0.137. The summed E-state index contributed by atoms with van der Waals surface area (Å²) in [5, 5.41) is 6.06. The molecule has 0 atom stereocenters. The quantitative estimate of drug-likeness (QED) is 0.648. The predicted molar refractivity (Wildman–Crippen MR) is 109 cm³/mol. The summed E-state index contributed by atoms with van der Waals surface area (Å²) in [6, 6.07) is 9.15. The van der Waals surface area contributed by atoms with Gasteiger partial charge in [-0.2, -0.15) is 18.3 Å². The van der Waals surface area contributed by atoms with Crippen molar-refractivity contribution in [1.29, 1.82) is 0 Å². The second-order valence-electron chi connectivity index (χ2n) is 6.62. The molecule has 0 spiro atoms. The van der Waals surface area contributed by atoms with Crippen LogP contribution in [-0.2, 0) is 15.8 Å². The summed E-state index contributed by atoms with van der Waals surface area (Å²) in [6.07, 6.45) is -3.91. The Labute approximate surface area is 180 Å². The van der Waals surface area contributed by atoms with E-state index < -0.39 is 17.6 Å². The molecule has 0 saturated carbocycles. The van der Waals surface area contributed by atoms with E-state index >= 15 is 0 Å². The van der Waals surface area contributed by atoms with Crippen molar-refractivity contribution in [3.05, 3.63) is 63.6 Å². The molecule has 0 aliphatic carbocycles. The number of benzene rings is 2. The number of hydrogen-bond acceptors (Lipinski definition) is 3. The molecular weight excluding hydrogens is 442 g/mol. The van der Waals surface area contributed by atoms with E-state index in [4.69, 9.17) is 23.2 Å². The highest BCUT2D eigenvalue weighted by molar-refractivity contribution is 6.42. The van der Waals surface area contributed by atoms with Crippen LogP contribution in [0, 0.1) is 0 Å². The highest BCUT2D eigenvalue weighted by atomic mass is 35.5. The molecule has 2 amide bonds. The first-order valence-electron chi connectivity index (χ1n) is 8.83. The average Bonchev–Trinajstić information content (AvgIpc) is 2.70. The summed E-state index contributed by atoms with van der Waals surface area (Å²) in [4.78, 5) is 26.0. The second-order valence-corrected chi connectivity index (χ2v) is 7.44. The maximum Gasteiger partial charge on any atom is 0.416 e. The van der Waals surface area contributed by atoms with E-state index in [-0.39, 0.29) is 24.6 Å². The largest absolute Gasteiger partial charge is 0.416 e. The van der Waals surface area contributed by atoms with Crippen LogP contribution in [0.15, 0.2) is 47.6 Å². The fourth-order valence-corrected chi connectivity index (χ4v) is 3.16. The van der Waals surface area contributed by atoms with Crippen LogP contribution < -0.4 is 4.90 Å². The van der Waals surface area contributed by atoms with Gasteiger partial charge in [0.15, 0.2) is 0 Å². The number of anilines is 1. The Morgan fingerprint density at radius 2 is 1.77 bits per heavy atom. The Hall–Kier alpha value is -2.58. The van der Waals surface area contributed by atoms with Gasteiger partial charge < -0.3 is 4.90 Å². The van der Waals surface area contributed by atoms with E-state index in [1.807, 2.05) is 0 Å². The second kappa shape index (κ2) is 8.65. The average molecular weight is 458 g/mol. The number of carbonyl (C=O) groups excluding carboxylic acids is 2. The maximum absolute atomic E-state index is 12.7. The highest BCUT2D eigenvalue weighted by Crippen LogP contribution is 2.30. The van der Waals surface area contributed by atoms with Gasteiger partial charge in [-0.1, -0.05) is 29.3 Å². The highest BCUT2D eigenvalue weighted by Gasteiger charge is 2.30. The number of hydrogen-bond donors (Lipinski definition) is 0. The van der Waals surface area contributed by atoms with E-state index in [0.717, 1.165) is 17.1 Å². The van der Waals surface area contributed by atoms with Crippen LogP contribution >= 0.6 is 23.2 Å². The molecule has 2 aromatic carbocycles. The summed E-state index contributed by atoms with van der Waals surface area (Å²) in [7, 11) is 1.42. The third kappa shape index (κ3) is 4.94. The molecular formula is C20H16Cl2F3N3O2. The van der Waals surface area contributed by atoms with Crippen LogP contribution in [0.1, 0.15) is 24.0 Å². The summed E-state index contributed by atoms with van der Waals surface area (Å²) in [5.41, 5.74) is 0.726. The lowest BCUT2D eigenvalue weighted by atomic mass is 10.0. The molecule has 1 aliphatic rings. The van der Waals surface area contributed by atoms with Crippen LogP contribution in [0.3, 0.4) is 0 Å². The van der Waals surface area contributed by atoms with Crippen LogP contribution in [0.2, 0.25) is 10.0 Å². The predicted octanol–water partition coefficient (Wildman–Crippen LogP) is 5.00. The first kappa shape index (κ1) is 22.1. The number of hydrazone groups is 1. The Kier molecular flexibility index (Phi) is 6.38. The molecule has 1 aliphatic heterocycles. The van der Waals surface area contributed by atoms with Crippen molar-refractivity contribution >= 4 is 46.4 Å². The number of carbonyl (C=O) groups is 2. The summed E-state index contributed by atoms with van der Waals surface area (Å²) < 4.78 is 38.1. The monoisotopic (exact) mass is 457 g/mol. The number of likely N-dealkylation sites (N-methyl/N-ethyl adjacent to an activating group) is 1. The minimum atomic E-state index is -4.46. The zero-order valence-electron chi connectivity index (χ0n) is 15.7. The van der Waals surface area contributed by atoms with E-state index in [9.17, 15) is 22.8 Å². The van der Waals surface area contributed by atoms with E-state index in [0.29, 0.717) is 27.7 Å². The fourth-order valence-electron chi connectivity index (χ4n) is 2.86. The van der Waals surface area contributed by atoms with Crippen molar-refractivity contribution in [2.75, 3.05) is 18.5 Å². The van der Waals surface area contributed by atoms with Gasteiger partial charge in [-0.15, -0.1) is 0 Å². The molecule has 10 heteroatoms. The molecule has 2 aromatic rings. The number of amides is 2. The van der Waals surface area contributed by atoms with Crippen LogP contribution in [0.4, 0.5) is 18.9 Å². The number of rotatable bonds is 4. The molecule has 0 N–H and O–H groups in total. The van der Waals surface area contributed by atoms with E-state index in [1.165, 1.54) is 24.1 Å². The smallest absolute Gasteiger partial charge is 0.314 e. The van der Waals surface area contributed by atoms with Crippen LogP contribution in [0.25, 0.3) is 0 Å². The third-order valence-electron chi connectivity index (χ3n) is 4.60. The van der Waals surface area contributed by atoms with Gasteiger partial charge in [0.1, 0.15) is 6.54 Å². The van der Waals surface area contributed by atoms with Gasteiger partial charge >= 0.3 is 6.18 Å². The Morgan fingerprint density at radius 1 is 1.10 bits per heavy atom. The molecule has 1 heterocycles. The first-order chi connectivity index (χ1) is 14.1. The molecule has 3 rings (SSSR count). The summed E-state index contributed by atoms with van der Waals surface area (Å²) in [5.74, 6) is -0.824. The summed E-state index contributed by atoms with van der Waals surface area (Å²) in [6.45, 7) is -0.346. The van der Waals surface area contributed by atoms with Gasteiger partial charge in [0.05, 0.1) is 21.3 Å². The van der Waals surface area contributed by atoms with Gasteiger partial charge in [0, 0.05) is 25.6 Å². The van der Waals surface area contributed by atoms with Gasteiger partial charge in [0.2, 0.25) is 11.8 Å². The minimum absolute atomic E-state index is 0.163. The normalized spacial score (nSPS) is 14.5. The first-order valence-corrected chi connectivity index (χ1v) is 9.59. The van der Waals surface area contributed by atoms with Crippen LogP contribution in [-0.4, -0.2) is 36.1 Å². The topological polar surface area (TPSA) is 53.0 Å². The van der Waals surface area contributed by atoms with Gasteiger partial charge in [-0.3, -0.25) is 9.59 Å². The van der Waals surface area contributed by atoms with Crippen molar-refractivity contribution in [3.63, 3.8) is 0 Å². The zero-order chi connectivity index (χ0) is 22.1. The van der Waals surface area contributed by atoms with E-state index in [2.05, 4.69) is 5.10 Å². The molecule has 0 aromatic heterocycles. The molecule has 5 nitrogen and oxygen atoms in total. The van der Waals surface area contributed by atoms with Crippen molar-refractivity contribution in [1.82, 2.24) is 5.01 Å². The molecule has 0 radical (unpaired) electrons. The van der Waals surface area contributed by atoms with Gasteiger partial charge in [0.25, 0.3) is 0 Å². The fraction of sp³-hybridized carbons (Fsp3) is 0.250. The van der Waals surface area contributed by atoms with Gasteiger partial charge in [-0.25, -0.2) is 5.01 Å². The molecule has 158 valence electrons.